The molecular formula is C22H21N7O3. The summed E-state index contributed by atoms with van der Waals surface area (Å²) in [5, 5.41) is 29.1. The summed E-state index contributed by atoms with van der Waals surface area (Å²) in [6.45, 7) is 0.463. The number of likely N-dealkylation sites (tertiary alicyclic amines) is 1. The zero-order valence-electron chi connectivity index (χ0n) is 17.0. The summed E-state index contributed by atoms with van der Waals surface area (Å²) in [5.74, 6) is -0.264. The van der Waals surface area contributed by atoms with Gasteiger partial charge in [0, 0.05) is 17.6 Å². The maximum Gasteiger partial charge on any atom is 0.322 e. The van der Waals surface area contributed by atoms with Crippen molar-refractivity contribution in [1.82, 2.24) is 14.7 Å². The summed E-state index contributed by atoms with van der Waals surface area (Å²) in [5.41, 5.74) is 6.23. The Morgan fingerprint density at radius 2 is 1.81 bits per heavy atom. The zero-order valence-corrected chi connectivity index (χ0v) is 17.0. The molecule has 2 aromatic carbocycles. The van der Waals surface area contributed by atoms with Crippen molar-refractivity contribution in [1.29, 1.82) is 5.26 Å². The van der Waals surface area contributed by atoms with Crippen LogP contribution in [0.1, 0.15) is 16.8 Å². The van der Waals surface area contributed by atoms with Crippen molar-refractivity contribution in [2.75, 3.05) is 23.7 Å². The molecule has 0 atom stereocenters. The fourth-order valence-corrected chi connectivity index (χ4v) is 3.59. The van der Waals surface area contributed by atoms with Crippen LogP contribution in [-0.4, -0.2) is 44.8 Å². The second-order valence-corrected chi connectivity index (χ2v) is 7.58. The van der Waals surface area contributed by atoms with E-state index in [9.17, 15) is 20.0 Å². The lowest BCUT2D eigenvalue weighted by Crippen LogP contribution is -2.65. The van der Waals surface area contributed by atoms with Crippen LogP contribution < -0.4 is 16.4 Å². The fourth-order valence-electron chi connectivity index (χ4n) is 3.59. The molecule has 1 aromatic heterocycles. The minimum Gasteiger partial charge on any atom is -0.508 e. The Labute approximate surface area is 183 Å². The number of hydrogen-bond acceptors (Lipinski definition) is 6. The number of phenols is 1. The number of aromatic hydroxyl groups is 1. The Morgan fingerprint density at radius 3 is 2.44 bits per heavy atom. The Bertz CT molecular complexity index is 1180. The minimum absolute atomic E-state index is 0.0979. The van der Waals surface area contributed by atoms with Crippen LogP contribution >= 0.6 is 0 Å². The van der Waals surface area contributed by atoms with Crippen molar-refractivity contribution >= 4 is 29.1 Å². The van der Waals surface area contributed by atoms with E-state index in [2.05, 4.69) is 21.8 Å². The first-order valence-corrected chi connectivity index (χ1v) is 9.84. The topological polar surface area (TPSA) is 149 Å². The molecule has 0 bridgehead atoms. The van der Waals surface area contributed by atoms with E-state index in [1.807, 2.05) is 30.3 Å². The van der Waals surface area contributed by atoms with E-state index in [0.717, 1.165) is 5.69 Å². The number of benzene rings is 2. The first-order valence-electron chi connectivity index (χ1n) is 9.84. The molecule has 1 aliphatic rings. The lowest BCUT2D eigenvalue weighted by Gasteiger charge is -2.48. The molecule has 3 aromatic rings. The van der Waals surface area contributed by atoms with Crippen LogP contribution in [0.2, 0.25) is 0 Å². The van der Waals surface area contributed by atoms with Crippen LogP contribution in [0, 0.1) is 11.3 Å². The molecule has 10 heteroatoms. The average Bonchev–Trinajstić information content (AvgIpc) is 3.17. The average molecular weight is 431 g/mol. The first-order chi connectivity index (χ1) is 15.4. The highest BCUT2D eigenvalue weighted by Gasteiger charge is 2.48. The highest BCUT2D eigenvalue weighted by molar-refractivity contribution is 5.98. The Balaban J connectivity index is 1.53. The van der Waals surface area contributed by atoms with Crippen LogP contribution in [0.15, 0.2) is 60.8 Å². The number of hydrogen-bond donors (Lipinski definition) is 4. The van der Waals surface area contributed by atoms with E-state index in [4.69, 9.17) is 5.73 Å². The van der Waals surface area contributed by atoms with Crippen LogP contribution in [0.3, 0.4) is 0 Å². The van der Waals surface area contributed by atoms with Crippen molar-refractivity contribution in [2.24, 2.45) is 5.73 Å². The number of anilines is 3. The van der Waals surface area contributed by atoms with Crippen molar-refractivity contribution in [3.8, 4) is 11.8 Å². The molecule has 32 heavy (non-hydrogen) atoms. The van der Waals surface area contributed by atoms with Crippen molar-refractivity contribution in [3.63, 3.8) is 0 Å². The number of nitrogens with two attached hydrogens (primary N) is 1. The molecule has 0 saturated carbocycles. The summed E-state index contributed by atoms with van der Waals surface area (Å²) >= 11 is 0. The van der Waals surface area contributed by atoms with Crippen LogP contribution in [-0.2, 0) is 5.54 Å². The predicted octanol–water partition coefficient (Wildman–Crippen LogP) is 2.59. The largest absolute Gasteiger partial charge is 0.508 e. The Morgan fingerprint density at radius 1 is 1.12 bits per heavy atom. The van der Waals surface area contributed by atoms with Crippen molar-refractivity contribution < 1.29 is 14.7 Å². The molecule has 4 rings (SSSR count). The smallest absolute Gasteiger partial charge is 0.322 e. The van der Waals surface area contributed by atoms with Crippen LogP contribution in [0.25, 0.3) is 0 Å². The number of urea groups is 1. The minimum atomic E-state index is -0.776. The van der Waals surface area contributed by atoms with E-state index in [0.29, 0.717) is 5.69 Å². The number of nitrogens with one attached hydrogen (secondary N) is 2. The number of carbonyl (C=O) groups excluding carboxylic acids is 2. The molecule has 0 spiro atoms. The van der Waals surface area contributed by atoms with Crippen molar-refractivity contribution in [3.05, 3.63) is 66.4 Å². The van der Waals surface area contributed by atoms with Gasteiger partial charge in [-0.25, -0.2) is 4.79 Å². The van der Waals surface area contributed by atoms with Crippen LogP contribution in [0.4, 0.5) is 22.0 Å². The third kappa shape index (κ3) is 4.04. The Kier molecular flexibility index (Phi) is 5.39. The number of amides is 3. The lowest BCUT2D eigenvalue weighted by atomic mass is 9.87. The van der Waals surface area contributed by atoms with Gasteiger partial charge in [0.1, 0.15) is 16.9 Å². The molecule has 1 aliphatic heterocycles. The van der Waals surface area contributed by atoms with Gasteiger partial charge in [0.05, 0.1) is 25.6 Å². The number of primary amides is 1. The number of carbonyl (C=O) groups is 2. The van der Waals surface area contributed by atoms with E-state index >= 15 is 0 Å². The Hall–Kier alpha value is -4.52. The summed E-state index contributed by atoms with van der Waals surface area (Å²) in [4.78, 5) is 26.1. The van der Waals surface area contributed by atoms with Crippen LogP contribution in [0.5, 0.6) is 5.75 Å². The normalized spacial score (nSPS) is 14.2. The van der Waals surface area contributed by atoms with Gasteiger partial charge in [-0.2, -0.15) is 10.4 Å². The molecule has 5 N–H and O–H groups in total. The van der Waals surface area contributed by atoms with E-state index in [1.165, 1.54) is 18.3 Å². The maximum atomic E-state index is 12.6. The zero-order chi connectivity index (χ0) is 22.7. The first kappa shape index (κ1) is 20.7. The van der Waals surface area contributed by atoms with E-state index in [-0.39, 0.29) is 42.7 Å². The van der Waals surface area contributed by atoms with Gasteiger partial charge in [0.25, 0.3) is 5.91 Å². The van der Waals surface area contributed by atoms with E-state index in [1.54, 1.807) is 21.7 Å². The molecule has 10 nitrogen and oxygen atoms in total. The summed E-state index contributed by atoms with van der Waals surface area (Å²) in [6, 6.07) is 17.1. The third-order valence-electron chi connectivity index (χ3n) is 5.29. The number of aromatic nitrogens is 2. The summed E-state index contributed by atoms with van der Waals surface area (Å²) < 4.78 is 1.55. The van der Waals surface area contributed by atoms with Crippen molar-refractivity contribution in [2.45, 2.75) is 12.0 Å². The molecule has 162 valence electrons. The van der Waals surface area contributed by atoms with Gasteiger partial charge in [-0.05, 0) is 36.4 Å². The lowest BCUT2D eigenvalue weighted by molar-refractivity contribution is 0.0401. The second kappa shape index (κ2) is 8.31. The SMILES string of the molecule is N#CCC1(n2cc(C(N)=O)c(Nc3ccccc3)n2)CN(C(=O)Nc2ccc(O)cc2)C1. The van der Waals surface area contributed by atoms with Gasteiger partial charge in [-0.15, -0.1) is 0 Å². The number of para-hydroxylation sites is 1. The fraction of sp³-hybridized carbons (Fsp3) is 0.182. The molecule has 1 fully saturated rings. The summed E-state index contributed by atoms with van der Waals surface area (Å²) in [7, 11) is 0. The van der Waals surface area contributed by atoms with Gasteiger partial charge in [-0.3, -0.25) is 9.48 Å². The maximum absolute atomic E-state index is 12.6. The van der Waals surface area contributed by atoms with E-state index < -0.39 is 11.4 Å². The highest BCUT2D eigenvalue weighted by atomic mass is 16.3. The molecule has 1 saturated heterocycles. The number of phenolic OH excluding ortho intramolecular Hbond substituents is 1. The molecule has 2 heterocycles. The molecule has 0 unspecified atom stereocenters. The third-order valence-corrected chi connectivity index (χ3v) is 5.29. The van der Waals surface area contributed by atoms with Gasteiger partial charge >= 0.3 is 6.03 Å². The second-order valence-electron chi connectivity index (χ2n) is 7.58. The molecule has 0 radical (unpaired) electrons. The summed E-state index contributed by atoms with van der Waals surface area (Å²) in [6.07, 6.45) is 1.61. The number of nitriles is 1. The van der Waals surface area contributed by atoms with Gasteiger partial charge in [0.2, 0.25) is 0 Å². The van der Waals surface area contributed by atoms with Gasteiger partial charge in [-0.1, -0.05) is 18.2 Å². The molecule has 0 aliphatic carbocycles. The highest BCUT2D eigenvalue weighted by Crippen LogP contribution is 2.34. The standard InChI is InChI=1S/C22H21N7O3/c23-11-10-22(13-28(14-22)21(32)26-16-6-8-17(30)9-7-16)29-12-18(19(24)31)20(27-29)25-15-4-2-1-3-5-15/h1-9,12,30H,10,13-14H2,(H2,24,31)(H,25,27)(H,26,32). The predicted molar refractivity (Wildman–Crippen MR) is 117 cm³/mol. The number of nitrogens with zero attached hydrogens (tertiary/aromatic N) is 4. The van der Waals surface area contributed by atoms with Gasteiger partial charge in [0.15, 0.2) is 5.82 Å². The number of rotatable bonds is 6. The quantitative estimate of drug-likeness (QED) is 0.441. The van der Waals surface area contributed by atoms with Gasteiger partial charge < -0.3 is 26.4 Å². The monoisotopic (exact) mass is 431 g/mol. The molecule has 3 amide bonds. The molecular weight excluding hydrogens is 410 g/mol.